The highest BCUT2D eigenvalue weighted by atomic mass is 32.1. The lowest BCUT2D eigenvalue weighted by molar-refractivity contribution is 1.19. The van der Waals surface area contributed by atoms with Gasteiger partial charge in [0.05, 0.1) is 4.70 Å². The Morgan fingerprint density at radius 1 is 1.50 bits per heavy atom. The van der Waals surface area contributed by atoms with Gasteiger partial charge in [0.1, 0.15) is 5.52 Å². The van der Waals surface area contributed by atoms with Crippen LogP contribution in [-0.2, 0) is 0 Å². The van der Waals surface area contributed by atoms with Gasteiger partial charge in [-0.3, -0.25) is 0 Å². The lowest BCUT2D eigenvalue weighted by Crippen LogP contribution is -1.82. The van der Waals surface area contributed by atoms with Gasteiger partial charge in [-0.2, -0.15) is 0 Å². The van der Waals surface area contributed by atoms with Crippen molar-refractivity contribution < 1.29 is 0 Å². The molecule has 1 heterocycles. The molecule has 0 aliphatic heterocycles. The summed E-state index contributed by atoms with van der Waals surface area (Å²) in [6.45, 7) is 2.02. The molecule has 0 bridgehead atoms. The van der Waals surface area contributed by atoms with Gasteiger partial charge >= 0.3 is 0 Å². The fourth-order valence-corrected chi connectivity index (χ4v) is 2.10. The quantitative estimate of drug-likeness (QED) is 0.652. The van der Waals surface area contributed by atoms with Crippen molar-refractivity contribution in [3.63, 3.8) is 0 Å². The molecule has 0 N–H and O–H groups in total. The minimum Gasteiger partial charge on any atom is -0.138 e. The maximum atomic E-state index is 4.88. The van der Waals surface area contributed by atoms with E-state index in [4.69, 9.17) is 12.2 Å². The number of aromatic nitrogens is 2. The average Bonchev–Trinajstić information content (AvgIpc) is 2.54. The second-order valence-electron chi connectivity index (χ2n) is 2.54. The van der Waals surface area contributed by atoms with Crippen molar-refractivity contribution in [1.29, 1.82) is 0 Å². The first-order chi connectivity index (χ1) is 5.83. The molecule has 0 saturated heterocycles. The molecule has 0 unspecified atom stereocenters. The van der Waals surface area contributed by atoms with Crippen molar-refractivity contribution >= 4 is 39.3 Å². The van der Waals surface area contributed by atoms with Crippen LogP contribution in [0, 0.1) is 6.92 Å². The Morgan fingerprint density at radius 3 is 3.08 bits per heavy atom. The van der Waals surface area contributed by atoms with Gasteiger partial charge in [-0.25, -0.2) is 0 Å². The van der Waals surface area contributed by atoms with Crippen molar-refractivity contribution in [2.24, 2.45) is 0 Å². The van der Waals surface area contributed by atoms with Crippen LogP contribution in [0.5, 0.6) is 0 Å². The fourth-order valence-electron chi connectivity index (χ4n) is 1.10. The highest BCUT2D eigenvalue weighted by Gasteiger charge is 2.04. The van der Waals surface area contributed by atoms with E-state index in [0.717, 1.165) is 21.3 Å². The summed E-state index contributed by atoms with van der Waals surface area (Å²) in [5, 5.41) is 5.70. The van der Waals surface area contributed by atoms with Gasteiger partial charge in [-0.1, -0.05) is 28.8 Å². The van der Waals surface area contributed by atoms with E-state index in [1.54, 1.807) is 5.37 Å². The van der Waals surface area contributed by atoms with Gasteiger partial charge in [0, 0.05) is 10.9 Å². The van der Waals surface area contributed by atoms with Crippen molar-refractivity contribution in [3.8, 4) is 0 Å². The van der Waals surface area contributed by atoms with Crippen LogP contribution in [0.1, 0.15) is 11.1 Å². The molecule has 4 heteroatoms. The van der Waals surface area contributed by atoms with Gasteiger partial charge in [-0.05, 0) is 24.0 Å². The van der Waals surface area contributed by atoms with Crippen molar-refractivity contribution in [3.05, 3.63) is 23.3 Å². The number of hydrogen-bond acceptors (Lipinski definition) is 4. The van der Waals surface area contributed by atoms with E-state index >= 15 is 0 Å². The van der Waals surface area contributed by atoms with E-state index in [1.807, 2.05) is 19.1 Å². The zero-order valence-electron chi connectivity index (χ0n) is 6.44. The summed E-state index contributed by atoms with van der Waals surface area (Å²) >= 11 is 6.27. The summed E-state index contributed by atoms with van der Waals surface area (Å²) in [4.78, 5) is 0. The summed E-state index contributed by atoms with van der Waals surface area (Å²) in [5.41, 5.74) is 3.17. The Labute approximate surface area is 79.4 Å². The van der Waals surface area contributed by atoms with Crippen LogP contribution in [0.3, 0.4) is 0 Å². The van der Waals surface area contributed by atoms with E-state index in [9.17, 15) is 0 Å². The molecule has 0 spiro atoms. The van der Waals surface area contributed by atoms with E-state index in [0.29, 0.717) is 0 Å². The predicted molar refractivity (Wildman–Crippen MR) is 54.9 cm³/mol. The fraction of sp³-hybridized carbons (Fsp3) is 0.125. The number of thiocarbonyl (C=S) groups is 1. The van der Waals surface area contributed by atoms with Crippen LogP contribution >= 0.6 is 23.8 Å². The molecule has 0 aliphatic rings. The lowest BCUT2D eigenvalue weighted by Gasteiger charge is -1.95. The van der Waals surface area contributed by atoms with Crippen molar-refractivity contribution in [2.75, 3.05) is 0 Å². The Hall–Kier alpha value is -0.870. The molecule has 1 aromatic heterocycles. The minimum atomic E-state index is 0.971. The second-order valence-corrected chi connectivity index (χ2v) is 3.53. The zero-order chi connectivity index (χ0) is 8.55. The third-order valence-corrected chi connectivity index (χ3v) is 2.79. The summed E-state index contributed by atoms with van der Waals surface area (Å²) in [6.07, 6.45) is 0. The number of aryl methyl sites for hydroxylation is 1. The van der Waals surface area contributed by atoms with Crippen molar-refractivity contribution in [1.82, 2.24) is 9.59 Å². The zero-order valence-corrected chi connectivity index (χ0v) is 8.08. The van der Waals surface area contributed by atoms with Crippen LogP contribution in [-0.4, -0.2) is 15.0 Å². The number of nitrogens with zero attached hydrogens (tertiary/aromatic N) is 2. The van der Waals surface area contributed by atoms with E-state index in [2.05, 4.69) is 9.59 Å². The lowest BCUT2D eigenvalue weighted by atomic mass is 10.1. The van der Waals surface area contributed by atoms with Crippen molar-refractivity contribution in [2.45, 2.75) is 6.92 Å². The van der Waals surface area contributed by atoms with Crippen LogP contribution < -0.4 is 0 Å². The van der Waals surface area contributed by atoms with Gasteiger partial charge in [0.25, 0.3) is 0 Å². The summed E-state index contributed by atoms with van der Waals surface area (Å²) in [5.74, 6) is 0. The number of hydrogen-bond donors (Lipinski definition) is 0. The van der Waals surface area contributed by atoms with Gasteiger partial charge in [0.15, 0.2) is 0 Å². The number of fused-ring (bicyclic) bond motifs is 1. The standard InChI is InChI=1S/C8H6N2S2/c1-5-2-3-6(4-11)8-7(5)9-10-12-8/h2-4H,1H3. The van der Waals surface area contributed by atoms with Gasteiger partial charge < -0.3 is 0 Å². The van der Waals surface area contributed by atoms with Crippen LogP contribution in [0.4, 0.5) is 0 Å². The first-order valence-electron chi connectivity index (χ1n) is 3.50. The molecule has 2 nitrogen and oxygen atoms in total. The summed E-state index contributed by atoms with van der Waals surface area (Å²) in [6, 6.07) is 4.02. The Balaban J connectivity index is 2.91. The highest BCUT2D eigenvalue weighted by Crippen LogP contribution is 2.22. The molecule has 2 aromatic rings. The van der Waals surface area contributed by atoms with E-state index in [-0.39, 0.29) is 0 Å². The molecule has 0 aliphatic carbocycles. The molecule has 1 aromatic carbocycles. The third-order valence-electron chi connectivity index (χ3n) is 1.76. The first kappa shape index (κ1) is 7.76. The largest absolute Gasteiger partial charge is 0.138 e. The molecule has 2 rings (SSSR count). The Kier molecular flexibility index (Phi) is 1.86. The normalized spacial score (nSPS) is 10.4. The Morgan fingerprint density at radius 2 is 2.33 bits per heavy atom. The van der Waals surface area contributed by atoms with Crippen LogP contribution in [0.25, 0.3) is 10.2 Å². The SMILES string of the molecule is Cc1ccc(C=S)c2snnc12. The molecule has 0 radical (unpaired) electrons. The average molecular weight is 194 g/mol. The number of rotatable bonds is 1. The van der Waals surface area contributed by atoms with Crippen LogP contribution in [0.2, 0.25) is 0 Å². The highest BCUT2D eigenvalue weighted by molar-refractivity contribution is 7.79. The van der Waals surface area contributed by atoms with Gasteiger partial charge in [0.2, 0.25) is 0 Å². The number of benzene rings is 1. The van der Waals surface area contributed by atoms with Gasteiger partial charge in [-0.15, -0.1) is 5.10 Å². The molecule has 60 valence electrons. The summed E-state index contributed by atoms with van der Waals surface area (Å²) < 4.78 is 4.98. The minimum absolute atomic E-state index is 0.971. The second kappa shape index (κ2) is 2.88. The third kappa shape index (κ3) is 1.04. The Bertz CT molecular complexity index is 434. The molecule has 12 heavy (non-hydrogen) atoms. The monoisotopic (exact) mass is 194 g/mol. The molecule has 0 atom stereocenters. The molecule has 0 fully saturated rings. The molecular weight excluding hydrogens is 188 g/mol. The van der Waals surface area contributed by atoms with E-state index in [1.165, 1.54) is 11.5 Å². The molecule has 0 saturated carbocycles. The summed E-state index contributed by atoms with van der Waals surface area (Å²) in [7, 11) is 0. The molecule has 0 amide bonds. The van der Waals surface area contributed by atoms with E-state index < -0.39 is 0 Å². The predicted octanol–water partition coefficient (Wildman–Crippen LogP) is 2.35. The topological polar surface area (TPSA) is 25.8 Å². The first-order valence-corrected chi connectivity index (χ1v) is 4.74. The maximum Gasteiger partial charge on any atom is 0.109 e. The smallest absolute Gasteiger partial charge is 0.109 e. The molecular formula is C8H6N2S2. The maximum absolute atomic E-state index is 4.88. The van der Waals surface area contributed by atoms with Crippen LogP contribution in [0.15, 0.2) is 12.1 Å².